The second-order valence-corrected chi connectivity index (χ2v) is 13.3. The molecule has 0 bridgehead atoms. The average Bonchev–Trinajstić information content (AvgIpc) is 3.64. The molecule has 3 heterocycles. The zero-order valence-corrected chi connectivity index (χ0v) is 26.6. The maximum absolute atomic E-state index is 12.2. The van der Waals surface area contributed by atoms with Crippen molar-refractivity contribution in [2.45, 2.75) is 63.0 Å². The molecule has 17 nitrogen and oxygen atoms in total. The van der Waals surface area contributed by atoms with Crippen LogP contribution < -0.4 is 11.5 Å². The van der Waals surface area contributed by atoms with Gasteiger partial charge in [0.2, 0.25) is 5.91 Å². The van der Waals surface area contributed by atoms with Crippen molar-refractivity contribution in [1.29, 1.82) is 0 Å². The number of carbonyl (C=O) groups is 8. The van der Waals surface area contributed by atoms with E-state index >= 15 is 0 Å². The molecule has 47 heavy (non-hydrogen) atoms. The molecule has 0 spiro atoms. The minimum absolute atomic E-state index is 0.0156. The molecular formula is C29H38N5O12S-. The quantitative estimate of drug-likeness (QED) is 0.222. The first-order chi connectivity index (χ1) is 22.1. The minimum Gasteiger partial charge on any atom is -0.747 e. The average molecular weight is 681 g/mol. The summed E-state index contributed by atoms with van der Waals surface area (Å²) < 4.78 is 33.0. The van der Waals surface area contributed by atoms with Gasteiger partial charge in [-0.1, -0.05) is 0 Å². The number of hydrogen-bond donors (Lipinski definition) is 2. The predicted octanol–water partition coefficient (Wildman–Crippen LogP) is -1.37. The standard InChI is InChI=1S/C16H18N2O9S.C12H16N2O3.CH5N/c19-12-5-6-13(20)17(12)8-9-1-3-10(4-2-9)16(23)27-18-14(21)7-11(15(18)22)28(24,25)26;13-12(17)9-3-1-8(2-4-9)7-14-10(15)5-6-11(14)16;1-2/h5-6,9-11H,1-4,7-8H2,(H,24,25,26);5-6,8-9H,1-4,7H2,(H2,13,17);2H2,1H3/p-1. The van der Waals surface area contributed by atoms with Gasteiger partial charge in [0.15, 0.2) is 0 Å². The number of amides is 7. The number of hydrogen-bond acceptors (Lipinski definition) is 13. The summed E-state index contributed by atoms with van der Waals surface area (Å²) in [5.41, 5.74) is 9.75. The summed E-state index contributed by atoms with van der Waals surface area (Å²) in [7, 11) is -3.52. The lowest BCUT2D eigenvalue weighted by Crippen LogP contribution is -2.40. The van der Waals surface area contributed by atoms with Crippen LogP contribution in [0.3, 0.4) is 0 Å². The Morgan fingerprint density at radius 3 is 1.47 bits per heavy atom. The molecule has 7 amide bonds. The maximum atomic E-state index is 12.2. The lowest BCUT2D eigenvalue weighted by molar-refractivity contribution is -0.201. The third-order valence-electron chi connectivity index (χ3n) is 8.70. The molecule has 2 aliphatic carbocycles. The van der Waals surface area contributed by atoms with Gasteiger partial charge in [0, 0.05) is 43.3 Å². The minimum atomic E-state index is -5.02. The number of primary amides is 1. The third kappa shape index (κ3) is 9.39. The molecule has 4 N–H and O–H groups in total. The molecule has 258 valence electrons. The molecule has 5 aliphatic rings. The molecule has 1 atom stereocenters. The van der Waals surface area contributed by atoms with Crippen LogP contribution in [0.15, 0.2) is 24.3 Å². The SMILES string of the molecule is CN.NC(=O)C1CCC(CN2C(=O)C=CC2=O)CC1.O=C(ON1C(=O)CC(S(=O)(=O)[O-])C1=O)C1CCC(CN2C(=O)C=CC2=O)CC1. The zero-order chi connectivity index (χ0) is 35.1. The van der Waals surface area contributed by atoms with Crippen molar-refractivity contribution < 1.29 is 56.2 Å². The number of hydroxylamine groups is 2. The van der Waals surface area contributed by atoms with Crippen molar-refractivity contribution in [3.8, 4) is 0 Å². The first kappa shape index (κ1) is 37.2. The van der Waals surface area contributed by atoms with Crippen molar-refractivity contribution in [3.05, 3.63) is 24.3 Å². The Hall–Kier alpha value is -4.29. The molecule has 3 aliphatic heterocycles. The Labute approximate surface area is 271 Å². The van der Waals surface area contributed by atoms with E-state index in [2.05, 4.69) is 5.73 Å². The van der Waals surface area contributed by atoms with Gasteiger partial charge in [0.1, 0.15) is 15.4 Å². The Morgan fingerprint density at radius 1 is 0.745 bits per heavy atom. The highest BCUT2D eigenvalue weighted by molar-refractivity contribution is 7.87. The topological polar surface area (TPSA) is 265 Å². The van der Waals surface area contributed by atoms with Crippen LogP contribution in [0.4, 0.5) is 0 Å². The summed E-state index contributed by atoms with van der Waals surface area (Å²) in [6, 6.07) is 0. The molecule has 5 rings (SSSR count). The van der Waals surface area contributed by atoms with E-state index in [1.807, 2.05) is 0 Å². The van der Waals surface area contributed by atoms with Gasteiger partial charge in [-0.3, -0.25) is 43.4 Å². The molecule has 0 aromatic carbocycles. The zero-order valence-electron chi connectivity index (χ0n) is 25.8. The highest BCUT2D eigenvalue weighted by Crippen LogP contribution is 2.32. The van der Waals surface area contributed by atoms with E-state index < -0.39 is 45.5 Å². The maximum Gasteiger partial charge on any atom is 0.336 e. The highest BCUT2D eigenvalue weighted by atomic mass is 32.2. The number of nitrogens with two attached hydrogens (primary N) is 2. The van der Waals surface area contributed by atoms with E-state index in [4.69, 9.17) is 10.6 Å². The summed E-state index contributed by atoms with van der Waals surface area (Å²) in [6.45, 7) is 0.717. The van der Waals surface area contributed by atoms with Crippen molar-refractivity contribution >= 4 is 57.4 Å². The van der Waals surface area contributed by atoms with Crippen LogP contribution in [0.1, 0.15) is 57.8 Å². The summed E-state index contributed by atoms with van der Waals surface area (Å²) >= 11 is 0. The second-order valence-electron chi connectivity index (χ2n) is 11.7. The summed E-state index contributed by atoms with van der Waals surface area (Å²) in [5.74, 6) is -5.06. The van der Waals surface area contributed by atoms with E-state index in [0.29, 0.717) is 38.1 Å². The van der Waals surface area contributed by atoms with Gasteiger partial charge in [-0.05, 0) is 70.3 Å². The van der Waals surface area contributed by atoms with Crippen LogP contribution in [-0.2, 0) is 53.3 Å². The Morgan fingerprint density at radius 2 is 1.13 bits per heavy atom. The Bertz CT molecular complexity index is 1420. The first-order valence-electron chi connectivity index (χ1n) is 15.1. The fourth-order valence-corrected chi connectivity index (χ4v) is 6.71. The van der Waals surface area contributed by atoms with Crippen LogP contribution in [0.25, 0.3) is 0 Å². The van der Waals surface area contributed by atoms with Crippen molar-refractivity contribution in [2.24, 2.45) is 35.1 Å². The second kappa shape index (κ2) is 16.0. The van der Waals surface area contributed by atoms with E-state index in [-0.39, 0.29) is 53.0 Å². The van der Waals surface area contributed by atoms with Crippen LogP contribution in [-0.4, -0.2) is 101 Å². The van der Waals surface area contributed by atoms with E-state index in [1.165, 1.54) is 36.3 Å². The fourth-order valence-electron chi connectivity index (χ4n) is 6.02. The molecule has 0 radical (unpaired) electrons. The highest BCUT2D eigenvalue weighted by Gasteiger charge is 2.46. The predicted molar refractivity (Wildman–Crippen MR) is 158 cm³/mol. The van der Waals surface area contributed by atoms with Crippen LogP contribution in [0.2, 0.25) is 0 Å². The van der Waals surface area contributed by atoms with Crippen molar-refractivity contribution in [2.75, 3.05) is 20.1 Å². The van der Waals surface area contributed by atoms with Gasteiger partial charge < -0.3 is 20.9 Å². The van der Waals surface area contributed by atoms with E-state index in [9.17, 15) is 51.3 Å². The van der Waals surface area contributed by atoms with Gasteiger partial charge in [0.05, 0.1) is 12.3 Å². The lowest BCUT2D eigenvalue weighted by Gasteiger charge is -2.29. The van der Waals surface area contributed by atoms with Crippen LogP contribution >= 0.6 is 0 Å². The molecule has 1 unspecified atom stereocenters. The van der Waals surface area contributed by atoms with Crippen LogP contribution in [0.5, 0.6) is 0 Å². The smallest absolute Gasteiger partial charge is 0.336 e. The number of imide groups is 3. The molecule has 3 fully saturated rings. The largest absolute Gasteiger partial charge is 0.747 e. The Balaban J connectivity index is 0.000000270. The number of nitrogens with zero attached hydrogens (tertiary/aromatic N) is 3. The summed E-state index contributed by atoms with van der Waals surface area (Å²) in [6.07, 6.45) is 9.15. The Kier molecular flexibility index (Phi) is 12.7. The summed E-state index contributed by atoms with van der Waals surface area (Å²) in [4.78, 5) is 99.9. The molecule has 0 aromatic heterocycles. The molecular weight excluding hydrogens is 642 g/mol. The molecule has 18 heteroatoms. The van der Waals surface area contributed by atoms with Crippen LogP contribution in [0, 0.1) is 23.7 Å². The lowest BCUT2D eigenvalue weighted by atomic mass is 9.81. The van der Waals surface area contributed by atoms with Gasteiger partial charge in [0.25, 0.3) is 35.4 Å². The fraction of sp³-hybridized carbons (Fsp3) is 0.586. The molecule has 1 saturated heterocycles. The third-order valence-corrected chi connectivity index (χ3v) is 9.77. The molecule has 2 saturated carbocycles. The van der Waals surface area contributed by atoms with Gasteiger partial charge in [-0.25, -0.2) is 13.2 Å². The summed E-state index contributed by atoms with van der Waals surface area (Å²) in [5, 5.41) is -2.02. The van der Waals surface area contributed by atoms with Crippen molar-refractivity contribution in [1.82, 2.24) is 14.9 Å². The number of rotatable bonds is 8. The van der Waals surface area contributed by atoms with Crippen molar-refractivity contribution in [3.63, 3.8) is 0 Å². The van der Waals surface area contributed by atoms with Gasteiger partial charge in [-0.15, -0.1) is 5.06 Å². The molecule has 0 aromatic rings. The number of carbonyl (C=O) groups excluding carboxylic acids is 8. The van der Waals surface area contributed by atoms with Gasteiger partial charge in [-0.2, -0.15) is 0 Å². The monoisotopic (exact) mass is 680 g/mol. The van der Waals surface area contributed by atoms with Gasteiger partial charge >= 0.3 is 5.97 Å². The van der Waals surface area contributed by atoms with E-state index in [0.717, 1.165) is 30.6 Å². The van der Waals surface area contributed by atoms with E-state index in [1.54, 1.807) is 0 Å². The first-order valence-corrected chi connectivity index (χ1v) is 16.6. The normalized spacial score (nSPS) is 27.5.